The third-order valence-electron chi connectivity index (χ3n) is 2.91. The van der Waals surface area contributed by atoms with Gasteiger partial charge in [-0.2, -0.15) is 4.57 Å². The van der Waals surface area contributed by atoms with Crippen LogP contribution in [0.4, 0.5) is 0 Å². The van der Waals surface area contributed by atoms with Crippen molar-refractivity contribution in [1.29, 1.82) is 0 Å². The van der Waals surface area contributed by atoms with Gasteiger partial charge >= 0.3 is 0 Å². The first-order valence-electron chi connectivity index (χ1n) is 5.37. The van der Waals surface area contributed by atoms with Gasteiger partial charge in [0.1, 0.15) is 0 Å². The molecule has 0 N–H and O–H groups in total. The fourth-order valence-electron chi connectivity index (χ4n) is 1.73. The molecule has 1 heterocycles. The molecule has 0 fully saturated rings. The molecule has 0 aliphatic heterocycles. The predicted octanol–water partition coefficient (Wildman–Crippen LogP) is 3.40. The van der Waals surface area contributed by atoms with Crippen LogP contribution in [0.15, 0.2) is 47.1 Å². The molecule has 0 saturated carbocycles. The number of aromatic nitrogens is 1. The van der Waals surface area contributed by atoms with Gasteiger partial charge in [0.2, 0.25) is 0 Å². The van der Waals surface area contributed by atoms with Crippen molar-refractivity contribution in [2.75, 3.05) is 0 Å². The average molecular weight is 277 g/mol. The molecule has 0 spiro atoms. The van der Waals surface area contributed by atoms with Gasteiger partial charge in [0.05, 0.1) is 0 Å². The van der Waals surface area contributed by atoms with Crippen molar-refractivity contribution in [3.63, 3.8) is 0 Å². The summed E-state index contributed by atoms with van der Waals surface area (Å²) in [5.74, 6) is 0. The quantitative estimate of drug-likeness (QED) is 0.741. The summed E-state index contributed by atoms with van der Waals surface area (Å²) >= 11 is 3.58. The lowest BCUT2D eigenvalue weighted by molar-refractivity contribution is -0.694. The van der Waals surface area contributed by atoms with Gasteiger partial charge in [0.25, 0.3) is 0 Å². The van der Waals surface area contributed by atoms with Crippen molar-refractivity contribution in [2.45, 2.75) is 20.4 Å². The molecule has 0 atom stereocenters. The Balaban J connectivity index is 2.35. The van der Waals surface area contributed by atoms with Crippen LogP contribution < -0.4 is 4.57 Å². The molecule has 0 unspecified atom stereocenters. The standard InChI is InChI=1S/C14H15BrN/c1-11-6-5-9-16(12(11)2)10-13-7-3-4-8-14(13)15/h3-9H,10H2,1-2H3/q+1. The van der Waals surface area contributed by atoms with Gasteiger partial charge in [-0.3, -0.25) is 0 Å². The monoisotopic (exact) mass is 276 g/mol. The maximum atomic E-state index is 3.58. The minimum Gasteiger partial charge on any atom is -0.198 e. The minimum absolute atomic E-state index is 0.912. The van der Waals surface area contributed by atoms with Gasteiger partial charge in [-0.25, -0.2) is 0 Å². The van der Waals surface area contributed by atoms with Crippen molar-refractivity contribution in [2.24, 2.45) is 0 Å². The van der Waals surface area contributed by atoms with E-state index in [9.17, 15) is 0 Å². The van der Waals surface area contributed by atoms with E-state index < -0.39 is 0 Å². The number of rotatable bonds is 2. The van der Waals surface area contributed by atoms with E-state index in [1.54, 1.807) is 0 Å². The molecule has 0 amide bonds. The largest absolute Gasteiger partial charge is 0.198 e. The van der Waals surface area contributed by atoms with E-state index in [4.69, 9.17) is 0 Å². The van der Waals surface area contributed by atoms with E-state index in [0.29, 0.717) is 0 Å². The topological polar surface area (TPSA) is 3.88 Å². The molecule has 1 aromatic carbocycles. The predicted molar refractivity (Wildman–Crippen MR) is 69.4 cm³/mol. The Morgan fingerprint density at radius 1 is 1.06 bits per heavy atom. The molecule has 1 nitrogen and oxygen atoms in total. The number of pyridine rings is 1. The van der Waals surface area contributed by atoms with E-state index in [2.05, 4.69) is 70.9 Å². The molecule has 1 aromatic heterocycles. The first-order valence-corrected chi connectivity index (χ1v) is 6.17. The van der Waals surface area contributed by atoms with Crippen LogP contribution in [0.2, 0.25) is 0 Å². The molecule has 2 heteroatoms. The Labute approximate surface area is 105 Å². The summed E-state index contributed by atoms with van der Waals surface area (Å²) in [5.41, 5.74) is 3.95. The van der Waals surface area contributed by atoms with E-state index >= 15 is 0 Å². The van der Waals surface area contributed by atoms with Crippen LogP contribution in [-0.2, 0) is 6.54 Å². The zero-order chi connectivity index (χ0) is 11.5. The second-order valence-electron chi connectivity index (χ2n) is 4.00. The third kappa shape index (κ3) is 2.33. The summed E-state index contributed by atoms with van der Waals surface area (Å²) in [6.45, 7) is 5.22. The number of hydrogen-bond donors (Lipinski definition) is 0. The highest BCUT2D eigenvalue weighted by atomic mass is 79.9. The lowest BCUT2D eigenvalue weighted by atomic mass is 10.2. The first-order chi connectivity index (χ1) is 7.68. The second kappa shape index (κ2) is 4.79. The van der Waals surface area contributed by atoms with E-state index in [1.807, 2.05) is 6.07 Å². The summed E-state index contributed by atoms with van der Waals surface area (Å²) in [6.07, 6.45) is 2.13. The van der Waals surface area contributed by atoms with Crippen LogP contribution in [0, 0.1) is 13.8 Å². The minimum atomic E-state index is 0.912. The summed E-state index contributed by atoms with van der Waals surface area (Å²) in [7, 11) is 0. The van der Waals surface area contributed by atoms with Crippen LogP contribution in [0.1, 0.15) is 16.8 Å². The van der Waals surface area contributed by atoms with Crippen molar-refractivity contribution in [1.82, 2.24) is 0 Å². The van der Waals surface area contributed by atoms with Crippen molar-refractivity contribution in [3.05, 3.63) is 63.9 Å². The van der Waals surface area contributed by atoms with Gasteiger partial charge in [-0.15, -0.1) is 0 Å². The molecule has 16 heavy (non-hydrogen) atoms. The maximum absolute atomic E-state index is 3.58. The molecular weight excluding hydrogens is 262 g/mol. The van der Waals surface area contributed by atoms with E-state index in [-0.39, 0.29) is 0 Å². The molecule has 0 radical (unpaired) electrons. The zero-order valence-corrected chi connectivity index (χ0v) is 11.2. The molecule has 82 valence electrons. The molecule has 0 saturated heterocycles. The fraction of sp³-hybridized carbons (Fsp3) is 0.214. The van der Waals surface area contributed by atoms with Gasteiger partial charge in [0, 0.05) is 28.6 Å². The van der Waals surface area contributed by atoms with Crippen LogP contribution in [0.3, 0.4) is 0 Å². The van der Waals surface area contributed by atoms with Crippen molar-refractivity contribution in [3.8, 4) is 0 Å². The molecule has 2 rings (SSSR count). The summed E-state index contributed by atoms with van der Waals surface area (Å²) in [6, 6.07) is 12.6. The summed E-state index contributed by atoms with van der Waals surface area (Å²) in [4.78, 5) is 0. The van der Waals surface area contributed by atoms with Crippen LogP contribution in [-0.4, -0.2) is 0 Å². The molecule has 2 aromatic rings. The van der Waals surface area contributed by atoms with Crippen molar-refractivity contribution < 1.29 is 4.57 Å². The van der Waals surface area contributed by atoms with Crippen LogP contribution in [0.25, 0.3) is 0 Å². The fourth-order valence-corrected chi connectivity index (χ4v) is 2.14. The number of benzene rings is 1. The van der Waals surface area contributed by atoms with Crippen LogP contribution >= 0.6 is 15.9 Å². The van der Waals surface area contributed by atoms with Gasteiger partial charge in [-0.1, -0.05) is 34.1 Å². The molecule has 0 bridgehead atoms. The molecule has 0 aliphatic carbocycles. The zero-order valence-electron chi connectivity index (χ0n) is 9.57. The number of hydrogen-bond acceptors (Lipinski definition) is 0. The Kier molecular flexibility index (Phi) is 3.39. The second-order valence-corrected chi connectivity index (χ2v) is 4.85. The highest BCUT2D eigenvalue weighted by molar-refractivity contribution is 9.10. The summed E-state index contributed by atoms with van der Waals surface area (Å²) < 4.78 is 3.44. The smallest absolute Gasteiger partial charge is 0.181 e. The lowest BCUT2D eigenvalue weighted by Crippen LogP contribution is -2.37. The van der Waals surface area contributed by atoms with E-state index in [0.717, 1.165) is 6.54 Å². The Morgan fingerprint density at radius 2 is 1.81 bits per heavy atom. The Hall–Kier alpha value is -1.15. The SMILES string of the molecule is Cc1ccc[n+](Cc2ccccc2Br)c1C. The Morgan fingerprint density at radius 3 is 2.56 bits per heavy atom. The average Bonchev–Trinajstić information content (AvgIpc) is 2.28. The normalized spacial score (nSPS) is 10.4. The molecular formula is C14H15BrN+. The van der Waals surface area contributed by atoms with Gasteiger partial charge < -0.3 is 0 Å². The molecule has 0 aliphatic rings. The van der Waals surface area contributed by atoms with Crippen LogP contribution in [0.5, 0.6) is 0 Å². The van der Waals surface area contributed by atoms with E-state index in [1.165, 1.54) is 21.3 Å². The number of nitrogens with zero attached hydrogens (tertiary/aromatic N) is 1. The number of halogens is 1. The first kappa shape index (κ1) is 11.3. The highest BCUT2D eigenvalue weighted by Gasteiger charge is 2.10. The maximum Gasteiger partial charge on any atom is 0.181 e. The third-order valence-corrected chi connectivity index (χ3v) is 3.69. The van der Waals surface area contributed by atoms with Crippen molar-refractivity contribution >= 4 is 15.9 Å². The van der Waals surface area contributed by atoms with Gasteiger partial charge in [0.15, 0.2) is 18.4 Å². The lowest BCUT2D eigenvalue weighted by Gasteiger charge is -2.04. The Bertz CT molecular complexity index is 506. The highest BCUT2D eigenvalue weighted by Crippen LogP contribution is 2.15. The summed E-state index contributed by atoms with van der Waals surface area (Å²) in [5, 5.41) is 0. The number of aryl methyl sites for hydroxylation is 1. The van der Waals surface area contributed by atoms with Gasteiger partial charge in [-0.05, 0) is 19.1 Å².